The highest BCUT2D eigenvalue weighted by Gasteiger charge is 2.30. The first-order chi connectivity index (χ1) is 12.1. The Labute approximate surface area is 167 Å². The number of halogens is 3. The normalized spacial score (nSPS) is 18.8. The number of carbonyl (C=O) groups excluding carboxylic acids is 1. The van der Waals surface area contributed by atoms with E-state index in [2.05, 4.69) is 16.3 Å². The van der Waals surface area contributed by atoms with Crippen LogP contribution in [-0.2, 0) is 17.8 Å². The molecule has 140 valence electrons. The van der Waals surface area contributed by atoms with Gasteiger partial charge < -0.3 is 5.32 Å². The Morgan fingerprint density at radius 3 is 3.00 bits per heavy atom. The van der Waals surface area contributed by atoms with Crippen molar-refractivity contribution in [2.75, 3.05) is 18.4 Å². The summed E-state index contributed by atoms with van der Waals surface area (Å²) in [7, 11) is 0. The zero-order valence-electron chi connectivity index (χ0n) is 14.3. The maximum absolute atomic E-state index is 13.3. The Bertz CT molecular complexity index is 811. The summed E-state index contributed by atoms with van der Waals surface area (Å²) < 4.78 is 14.2. The van der Waals surface area contributed by atoms with Crippen LogP contribution in [-0.4, -0.2) is 23.9 Å². The third-order valence-corrected chi connectivity index (χ3v) is 6.46. The van der Waals surface area contributed by atoms with Crippen molar-refractivity contribution < 1.29 is 9.18 Å². The number of carbonyl (C=O) groups is 1. The van der Waals surface area contributed by atoms with Gasteiger partial charge in [-0.1, -0.05) is 24.1 Å². The second-order valence-corrected chi connectivity index (χ2v) is 8.56. The van der Waals surface area contributed by atoms with E-state index < -0.39 is 0 Å². The SMILES string of the molecule is Cl.O=C1Nc2cc(F)ccc2C1CCCCN1CCc2sc(Cl)cc2C1. The Morgan fingerprint density at radius 1 is 1.31 bits per heavy atom. The summed E-state index contributed by atoms with van der Waals surface area (Å²) >= 11 is 7.80. The van der Waals surface area contributed by atoms with E-state index >= 15 is 0 Å². The number of hydrogen-bond acceptors (Lipinski definition) is 3. The zero-order chi connectivity index (χ0) is 17.4. The number of anilines is 1. The van der Waals surface area contributed by atoms with Gasteiger partial charge in [0.2, 0.25) is 5.91 Å². The first-order valence-electron chi connectivity index (χ1n) is 8.70. The predicted octanol–water partition coefficient (Wildman–Crippen LogP) is 5.23. The summed E-state index contributed by atoms with van der Waals surface area (Å²) in [5, 5.41) is 2.79. The third-order valence-electron chi connectivity index (χ3n) is 5.10. The van der Waals surface area contributed by atoms with Gasteiger partial charge >= 0.3 is 0 Å². The van der Waals surface area contributed by atoms with Gasteiger partial charge in [0.25, 0.3) is 0 Å². The lowest BCUT2D eigenvalue weighted by atomic mass is 9.95. The van der Waals surface area contributed by atoms with E-state index in [4.69, 9.17) is 11.6 Å². The van der Waals surface area contributed by atoms with Crippen LogP contribution in [0.25, 0.3) is 0 Å². The van der Waals surface area contributed by atoms with Crippen molar-refractivity contribution in [2.24, 2.45) is 0 Å². The van der Waals surface area contributed by atoms with Gasteiger partial charge in [0.15, 0.2) is 0 Å². The summed E-state index contributed by atoms with van der Waals surface area (Å²) in [5.41, 5.74) is 2.93. The predicted molar refractivity (Wildman–Crippen MR) is 107 cm³/mol. The van der Waals surface area contributed by atoms with Crippen LogP contribution in [0.1, 0.15) is 41.2 Å². The molecule has 1 N–H and O–H groups in total. The van der Waals surface area contributed by atoms with Crippen LogP contribution in [0.3, 0.4) is 0 Å². The molecule has 0 bridgehead atoms. The number of hydrogen-bond donors (Lipinski definition) is 1. The quantitative estimate of drug-likeness (QED) is 0.679. The maximum atomic E-state index is 13.3. The lowest BCUT2D eigenvalue weighted by Crippen LogP contribution is -2.30. The molecule has 0 aliphatic carbocycles. The molecule has 1 atom stereocenters. The fourth-order valence-corrected chi connectivity index (χ4v) is 5.11. The summed E-state index contributed by atoms with van der Waals surface area (Å²) in [6.45, 7) is 3.10. The lowest BCUT2D eigenvalue weighted by molar-refractivity contribution is -0.117. The molecule has 26 heavy (non-hydrogen) atoms. The molecule has 0 spiro atoms. The highest BCUT2D eigenvalue weighted by molar-refractivity contribution is 7.16. The van der Waals surface area contributed by atoms with Gasteiger partial charge in [0.05, 0.1) is 10.3 Å². The number of unbranched alkanes of at least 4 members (excludes halogenated alkanes) is 1. The largest absolute Gasteiger partial charge is 0.325 e. The second-order valence-electron chi connectivity index (χ2n) is 6.79. The Hall–Kier alpha value is -1.14. The van der Waals surface area contributed by atoms with Crippen molar-refractivity contribution in [1.29, 1.82) is 0 Å². The highest BCUT2D eigenvalue weighted by atomic mass is 35.5. The summed E-state index contributed by atoms with van der Waals surface area (Å²) in [5.74, 6) is -0.451. The number of benzene rings is 1. The van der Waals surface area contributed by atoms with Crippen LogP contribution in [0.5, 0.6) is 0 Å². The molecule has 0 fully saturated rings. The molecule has 2 aliphatic heterocycles. The third kappa shape index (κ3) is 4.06. The minimum absolute atomic E-state index is 0. The average molecular weight is 415 g/mol. The monoisotopic (exact) mass is 414 g/mol. The number of nitrogens with one attached hydrogen (secondary N) is 1. The van der Waals surface area contributed by atoms with Crippen LogP contribution in [0.2, 0.25) is 4.34 Å². The minimum atomic E-state index is -0.308. The van der Waals surface area contributed by atoms with Gasteiger partial charge in [-0.05, 0) is 55.1 Å². The van der Waals surface area contributed by atoms with Crippen LogP contribution in [0, 0.1) is 5.82 Å². The highest BCUT2D eigenvalue weighted by Crippen LogP contribution is 2.36. The summed E-state index contributed by atoms with van der Waals surface area (Å²) in [4.78, 5) is 16.0. The molecule has 2 aliphatic rings. The lowest BCUT2D eigenvalue weighted by Gasteiger charge is -2.26. The molecule has 1 amide bonds. The van der Waals surface area contributed by atoms with E-state index in [1.54, 1.807) is 17.4 Å². The topological polar surface area (TPSA) is 32.3 Å². The first kappa shape index (κ1) is 19.6. The molecule has 3 heterocycles. The molecule has 0 radical (unpaired) electrons. The van der Waals surface area contributed by atoms with Crippen LogP contribution >= 0.6 is 35.3 Å². The van der Waals surface area contributed by atoms with E-state index in [1.165, 1.54) is 22.6 Å². The molecule has 0 saturated carbocycles. The van der Waals surface area contributed by atoms with Gasteiger partial charge in [-0.15, -0.1) is 23.7 Å². The van der Waals surface area contributed by atoms with E-state index in [0.717, 1.165) is 55.2 Å². The molecule has 1 aromatic carbocycles. The van der Waals surface area contributed by atoms with Crippen LogP contribution in [0.15, 0.2) is 24.3 Å². The van der Waals surface area contributed by atoms with Crippen LogP contribution in [0.4, 0.5) is 10.1 Å². The first-order valence-corrected chi connectivity index (χ1v) is 9.89. The van der Waals surface area contributed by atoms with Gasteiger partial charge in [-0.3, -0.25) is 9.69 Å². The number of nitrogens with zero attached hydrogens (tertiary/aromatic N) is 1. The van der Waals surface area contributed by atoms with Crippen molar-refractivity contribution in [3.63, 3.8) is 0 Å². The summed E-state index contributed by atoms with van der Waals surface area (Å²) in [6.07, 6.45) is 3.95. The molecule has 2 aromatic rings. The van der Waals surface area contributed by atoms with Gasteiger partial charge in [-0.25, -0.2) is 4.39 Å². The van der Waals surface area contributed by atoms with Crippen molar-refractivity contribution in [3.8, 4) is 0 Å². The molecule has 1 aromatic heterocycles. The standard InChI is InChI=1S/C19H20ClFN2OS.ClH/c20-18-9-12-11-23(8-6-17(12)25-18)7-2-1-3-15-14-5-4-13(21)10-16(14)22-19(15)24;/h4-5,9-10,15H,1-3,6-8,11H2,(H,22,24);1H. The molecule has 3 nitrogen and oxygen atoms in total. The minimum Gasteiger partial charge on any atom is -0.325 e. The van der Waals surface area contributed by atoms with E-state index in [-0.39, 0.29) is 30.0 Å². The number of thiophene rings is 1. The van der Waals surface area contributed by atoms with Crippen molar-refractivity contribution in [2.45, 2.75) is 38.1 Å². The number of fused-ring (bicyclic) bond motifs is 2. The summed E-state index contributed by atoms with van der Waals surface area (Å²) in [6, 6.07) is 6.67. The molecule has 7 heteroatoms. The van der Waals surface area contributed by atoms with E-state index in [0.29, 0.717) is 5.69 Å². The van der Waals surface area contributed by atoms with Gasteiger partial charge in [0.1, 0.15) is 5.82 Å². The fraction of sp³-hybridized carbons (Fsp3) is 0.421. The zero-order valence-corrected chi connectivity index (χ0v) is 16.7. The molecular weight excluding hydrogens is 394 g/mol. The molecule has 1 unspecified atom stereocenters. The number of rotatable bonds is 5. The van der Waals surface area contributed by atoms with E-state index in [1.807, 2.05) is 0 Å². The molecule has 4 rings (SSSR count). The van der Waals surface area contributed by atoms with Gasteiger partial charge in [-0.2, -0.15) is 0 Å². The Morgan fingerprint density at radius 2 is 2.15 bits per heavy atom. The van der Waals surface area contributed by atoms with E-state index in [9.17, 15) is 9.18 Å². The Kier molecular flexibility index (Phi) is 6.23. The number of amides is 1. The van der Waals surface area contributed by atoms with Crippen LogP contribution < -0.4 is 5.32 Å². The van der Waals surface area contributed by atoms with Crippen molar-refractivity contribution in [1.82, 2.24) is 4.90 Å². The van der Waals surface area contributed by atoms with Gasteiger partial charge in [0, 0.05) is 23.7 Å². The fourth-order valence-electron chi connectivity index (χ4n) is 3.82. The smallest absolute Gasteiger partial charge is 0.232 e. The van der Waals surface area contributed by atoms with Crippen molar-refractivity contribution in [3.05, 3.63) is 50.4 Å². The second kappa shape index (κ2) is 8.26. The Balaban J connectivity index is 0.00000196. The maximum Gasteiger partial charge on any atom is 0.232 e. The molecular formula is C19H21Cl2FN2OS. The molecule has 0 saturated heterocycles. The average Bonchev–Trinajstić information content (AvgIpc) is 3.09. The van der Waals surface area contributed by atoms with Crippen molar-refractivity contribution >= 4 is 46.9 Å².